The van der Waals surface area contributed by atoms with Crippen LogP contribution < -0.4 is 0 Å². The van der Waals surface area contributed by atoms with Crippen molar-refractivity contribution < 1.29 is 8.42 Å². The van der Waals surface area contributed by atoms with Gasteiger partial charge in [0.05, 0.1) is 10.6 Å². The fraction of sp³-hybridized carbons (Fsp3) is 0.158. The van der Waals surface area contributed by atoms with Crippen LogP contribution in [0.1, 0.15) is 16.7 Å². The summed E-state index contributed by atoms with van der Waals surface area (Å²) in [4.78, 5) is 0.380. The number of hydrogen-bond acceptors (Lipinski definition) is 2. The van der Waals surface area contributed by atoms with Gasteiger partial charge in [-0.2, -0.15) is 0 Å². The maximum atomic E-state index is 12.6. The van der Waals surface area contributed by atoms with Crippen molar-refractivity contribution in [3.8, 4) is 0 Å². The van der Waals surface area contributed by atoms with Gasteiger partial charge in [0.2, 0.25) is 0 Å². The molecule has 0 aliphatic carbocycles. The average molecular weight is 310 g/mol. The van der Waals surface area contributed by atoms with Gasteiger partial charge in [-0.1, -0.05) is 54.1 Å². The second-order valence-electron chi connectivity index (χ2n) is 5.64. The standard InChI is InChI=1S/C19H18O2S/c1-14-7-11-18(12-8-14)22(20,21)13-17-10-9-16-5-3-4-6-19(16)15(17)2/h3-12H,13H2,1-2H3. The van der Waals surface area contributed by atoms with Gasteiger partial charge in [-0.3, -0.25) is 0 Å². The number of sulfone groups is 1. The molecule has 0 unspecified atom stereocenters. The van der Waals surface area contributed by atoms with Gasteiger partial charge in [-0.05, 0) is 47.9 Å². The van der Waals surface area contributed by atoms with Crippen molar-refractivity contribution >= 4 is 20.6 Å². The molecule has 0 bridgehead atoms. The Morgan fingerprint density at radius 1 is 0.818 bits per heavy atom. The summed E-state index contributed by atoms with van der Waals surface area (Å²) in [6, 6.07) is 19.0. The fourth-order valence-electron chi connectivity index (χ4n) is 2.66. The molecule has 0 amide bonds. The van der Waals surface area contributed by atoms with Gasteiger partial charge < -0.3 is 0 Å². The Hall–Kier alpha value is -2.13. The van der Waals surface area contributed by atoms with Crippen molar-refractivity contribution in [2.75, 3.05) is 0 Å². The highest BCUT2D eigenvalue weighted by Gasteiger charge is 2.17. The first-order valence-corrected chi connectivity index (χ1v) is 8.89. The first-order chi connectivity index (χ1) is 10.5. The monoisotopic (exact) mass is 310 g/mol. The third-order valence-electron chi connectivity index (χ3n) is 4.04. The van der Waals surface area contributed by atoms with Crippen molar-refractivity contribution in [1.29, 1.82) is 0 Å². The quantitative estimate of drug-likeness (QED) is 0.717. The third kappa shape index (κ3) is 2.77. The Kier molecular flexibility index (Phi) is 3.75. The summed E-state index contributed by atoms with van der Waals surface area (Å²) in [5.74, 6) is 0.0345. The van der Waals surface area contributed by atoms with E-state index in [0.29, 0.717) is 4.90 Å². The molecule has 22 heavy (non-hydrogen) atoms. The molecule has 0 aliphatic rings. The zero-order valence-corrected chi connectivity index (χ0v) is 13.5. The molecule has 0 N–H and O–H groups in total. The Balaban J connectivity index is 2.02. The van der Waals surface area contributed by atoms with E-state index >= 15 is 0 Å². The van der Waals surface area contributed by atoms with Crippen molar-refractivity contribution in [3.05, 3.63) is 77.4 Å². The van der Waals surface area contributed by atoms with E-state index in [1.54, 1.807) is 12.1 Å². The Morgan fingerprint density at radius 3 is 2.23 bits per heavy atom. The van der Waals surface area contributed by atoms with Crippen molar-refractivity contribution in [2.45, 2.75) is 24.5 Å². The summed E-state index contributed by atoms with van der Waals surface area (Å²) in [7, 11) is -3.32. The Bertz CT molecular complexity index is 923. The van der Waals surface area contributed by atoms with E-state index < -0.39 is 9.84 Å². The van der Waals surface area contributed by atoms with Crippen LogP contribution in [0.5, 0.6) is 0 Å². The molecule has 3 aromatic carbocycles. The van der Waals surface area contributed by atoms with E-state index in [-0.39, 0.29) is 5.75 Å². The van der Waals surface area contributed by atoms with Gasteiger partial charge in [0.1, 0.15) is 0 Å². The fourth-order valence-corrected chi connectivity index (χ4v) is 4.10. The lowest BCUT2D eigenvalue weighted by atomic mass is 10.0. The molecule has 0 radical (unpaired) electrons. The summed E-state index contributed by atoms with van der Waals surface area (Å²) in [6.45, 7) is 3.94. The van der Waals surface area contributed by atoms with Crippen LogP contribution >= 0.6 is 0 Å². The van der Waals surface area contributed by atoms with Crippen LogP contribution in [0.15, 0.2) is 65.6 Å². The molecule has 0 heterocycles. The van der Waals surface area contributed by atoms with E-state index in [2.05, 4.69) is 0 Å². The van der Waals surface area contributed by atoms with Crippen molar-refractivity contribution in [1.82, 2.24) is 0 Å². The van der Waals surface area contributed by atoms with Gasteiger partial charge in [0, 0.05) is 0 Å². The lowest BCUT2D eigenvalue weighted by molar-refractivity contribution is 0.595. The van der Waals surface area contributed by atoms with E-state index in [0.717, 1.165) is 27.5 Å². The minimum absolute atomic E-state index is 0.0345. The molecule has 0 fully saturated rings. The zero-order valence-electron chi connectivity index (χ0n) is 12.7. The Labute approximate surface area is 131 Å². The van der Waals surface area contributed by atoms with Crippen LogP contribution in [0.25, 0.3) is 10.8 Å². The summed E-state index contributed by atoms with van der Waals surface area (Å²) in [5.41, 5.74) is 2.95. The predicted molar refractivity (Wildman–Crippen MR) is 90.8 cm³/mol. The highest BCUT2D eigenvalue weighted by molar-refractivity contribution is 7.90. The molecule has 3 rings (SSSR count). The maximum absolute atomic E-state index is 12.6. The lowest BCUT2D eigenvalue weighted by Gasteiger charge is -2.10. The number of hydrogen-bond donors (Lipinski definition) is 0. The molecular weight excluding hydrogens is 292 g/mol. The molecule has 112 valence electrons. The number of aryl methyl sites for hydroxylation is 2. The minimum atomic E-state index is -3.32. The van der Waals surface area contributed by atoms with Crippen LogP contribution in [0, 0.1) is 13.8 Å². The lowest BCUT2D eigenvalue weighted by Crippen LogP contribution is -2.06. The smallest absolute Gasteiger partial charge is 0.182 e. The van der Waals surface area contributed by atoms with Crippen molar-refractivity contribution in [2.24, 2.45) is 0 Å². The van der Waals surface area contributed by atoms with Gasteiger partial charge in [0.15, 0.2) is 9.84 Å². The van der Waals surface area contributed by atoms with Gasteiger partial charge in [-0.15, -0.1) is 0 Å². The summed E-state index contributed by atoms with van der Waals surface area (Å²) < 4.78 is 25.2. The largest absolute Gasteiger partial charge is 0.223 e. The zero-order chi connectivity index (χ0) is 15.7. The van der Waals surface area contributed by atoms with E-state index in [1.807, 2.05) is 62.4 Å². The molecule has 0 aromatic heterocycles. The van der Waals surface area contributed by atoms with E-state index in [1.165, 1.54) is 0 Å². The summed E-state index contributed by atoms with van der Waals surface area (Å²) in [5, 5.41) is 2.25. The summed E-state index contributed by atoms with van der Waals surface area (Å²) in [6.07, 6.45) is 0. The van der Waals surface area contributed by atoms with Crippen molar-refractivity contribution in [3.63, 3.8) is 0 Å². The van der Waals surface area contributed by atoms with Crippen LogP contribution in [0.2, 0.25) is 0 Å². The molecule has 3 aromatic rings. The van der Waals surface area contributed by atoms with E-state index in [9.17, 15) is 8.42 Å². The first-order valence-electron chi connectivity index (χ1n) is 7.24. The third-order valence-corrected chi connectivity index (χ3v) is 5.72. The van der Waals surface area contributed by atoms with Crippen LogP contribution in [0.3, 0.4) is 0 Å². The second-order valence-corrected chi connectivity index (χ2v) is 7.63. The number of rotatable bonds is 3. The number of benzene rings is 3. The second kappa shape index (κ2) is 5.58. The first kappa shape index (κ1) is 14.8. The SMILES string of the molecule is Cc1ccc(S(=O)(=O)Cc2ccc3ccccc3c2C)cc1. The topological polar surface area (TPSA) is 34.1 Å². The van der Waals surface area contributed by atoms with Gasteiger partial charge >= 0.3 is 0 Å². The van der Waals surface area contributed by atoms with Crippen LogP contribution in [-0.4, -0.2) is 8.42 Å². The predicted octanol–water partition coefficient (Wildman–Crippen LogP) is 4.43. The minimum Gasteiger partial charge on any atom is -0.223 e. The molecule has 2 nitrogen and oxygen atoms in total. The molecular formula is C19H18O2S. The summed E-state index contributed by atoms with van der Waals surface area (Å²) >= 11 is 0. The Morgan fingerprint density at radius 2 is 1.50 bits per heavy atom. The average Bonchev–Trinajstić information content (AvgIpc) is 2.51. The highest BCUT2D eigenvalue weighted by Crippen LogP contribution is 2.25. The van der Waals surface area contributed by atoms with E-state index in [4.69, 9.17) is 0 Å². The van der Waals surface area contributed by atoms with Crippen LogP contribution in [-0.2, 0) is 15.6 Å². The number of fused-ring (bicyclic) bond motifs is 1. The molecule has 0 saturated heterocycles. The molecule has 0 saturated carbocycles. The molecule has 0 aliphatic heterocycles. The van der Waals surface area contributed by atoms with Gasteiger partial charge in [0.25, 0.3) is 0 Å². The maximum Gasteiger partial charge on any atom is 0.182 e. The normalized spacial score (nSPS) is 11.7. The van der Waals surface area contributed by atoms with Gasteiger partial charge in [-0.25, -0.2) is 8.42 Å². The molecule has 3 heteroatoms. The highest BCUT2D eigenvalue weighted by atomic mass is 32.2. The van der Waals surface area contributed by atoms with Crippen LogP contribution in [0.4, 0.5) is 0 Å². The molecule has 0 spiro atoms. The molecule has 0 atom stereocenters.